The highest BCUT2D eigenvalue weighted by atomic mass is 16.8. The lowest BCUT2D eigenvalue weighted by Crippen LogP contribution is -2.65. The molecule has 3 saturated carbocycles. The molecule has 7 fully saturated rings. The molecule has 0 aromatic rings. The van der Waals surface area contributed by atoms with Crippen molar-refractivity contribution in [3.8, 4) is 0 Å². The summed E-state index contributed by atoms with van der Waals surface area (Å²) in [6.07, 6.45) is -26.9. The highest BCUT2D eigenvalue weighted by molar-refractivity contribution is 5.88. The fraction of sp³-hybridized carbons (Fsp3) is 0.944. The van der Waals surface area contributed by atoms with Crippen molar-refractivity contribution in [3.63, 3.8) is 0 Å². The Kier molecular flexibility index (Phi) is 18.8. The van der Waals surface area contributed by atoms with Gasteiger partial charge in [0.05, 0.1) is 44.2 Å². The number of carbonyl (C=O) groups is 1. The number of ketones is 1. The predicted octanol–water partition coefficient (Wildman–Crippen LogP) is -3.02. The Hall–Kier alpha value is -1.51. The number of fused-ring (bicyclic) bond motifs is 5. The van der Waals surface area contributed by atoms with Crippen molar-refractivity contribution in [2.24, 2.45) is 45.3 Å². The maximum atomic E-state index is 15.2. The summed E-state index contributed by atoms with van der Waals surface area (Å²) >= 11 is 0. The average Bonchev–Trinajstić information content (AvgIpc) is 2.93. The monoisotopic (exact) mass is 1120 g/mol. The third-order valence-electron chi connectivity index (χ3n) is 20.5. The number of rotatable bonds is 17. The van der Waals surface area contributed by atoms with Gasteiger partial charge >= 0.3 is 0 Å². The van der Waals surface area contributed by atoms with Gasteiger partial charge in [0.15, 0.2) is 25.2 Å². The molecule has 3 unspecified atom stereocenters. The molecule has 0 bridgehead atoms. The minimum Gasteiger partial charge on any atom is -0.394 e. The van der Waals surface area contributed by atoms with Crippen LogP contribution in [-0.4, -0.2) is 249 Å². The normalized spacial score (nSPS) is 50.5. The van der Waals surface area contributed by atoms with Crippen molar-refractivity contribution < 1.29 is 119 Å². The first-order valence-corrected chi connectivity index (χ1v) is 27.9. The fourth-order valence-corrected chi connectivity index (χ4v) is 15.3. The Morgan fingerprint density at radius 2 is 1.12 bits per heavy atom. The maximum absolute atomic E-state index is 15.2. The molecule has 8 rings (SSSR count). The average molecular weight is 1120 g/mol. The van der Waals surface area contributed by atoms with Gasteiger partial charge in [0, 0.05) is 17.3 Å². The number of Topliss-reactive ketones (excluding diaryl/α,β-unsaturated/α-hetero) is 1. The number of aliphatic hydroxyl groups is 15. The fourth-order valence-electron chi connectivity index (χ4n) is 15.3. The minimum atomic E-state index is -1.86. The lowest BCUT2D eigenvalue weighted by molar-refractivity contribution is -0.375. The van der Waals surface area contributed by atoms with E-state index in [1.165, 1.54) is 0 Å². The number of carbonyl (C=O) groups excluding carboxylic acids is 1. The van der Waals surface area contributed by atoms with Crippen molar-refractivity contribution >= 4 is 5.78 Å². The van der Waals surface area contributed by atoms with Crippen molar-refractivity contribution in [2.75, 3.05) is 26.4 Å². The molecule has 29 atom stereocenters. The second-order valence-corrected chi connectivity index (χ2v) is 25.7. The highest BCUT2D eigenvalue weighted by Gasteiger charge is 2.71. The van der Waals surface area contributed by atoms with Crippen molar-refractivity contribution in [1.29, 1.82) is 0 Å². The Labute approximate surface area is 454 Å². The van der Waals surface area contributed by atoms with Crippen LogP contribution in [0.5, 0.6) is 0 Å². The molecule has 0 aromatic heterocycles. The zero-order valence-corrected chi connectivity index (χ0v) is 46.0. The Morgan fingerprint density at radius 3 is 1.68 bits per heavy atom. The van der Waals surface area contributed by atoms with Crippen molar-refractivity contribution in [3.05, 3.63) is 11.6 Å². The second kappa shape index (κ2) is 23.5. The molecule has 0 aromatic carbocycles. The molecule has 78 heavy (non-hydrogen) atoms. The Balaban J connectivity index is 0.941. The summed E-state index contributed by atoms with van der Waals surface area (Å²) in [5.74, 6) is 0.115. The standard InChI is InChI=1S/C54H90O24/c1-22(9-13-33(51(4,5)70)77-49-45(41(66)36(61)28(20-57)74-49)78-48-44(69)39(64)35(60)27(19-56)73-48)23-15-16-52(6)30-12-10-24-25(54(30,8)31(58)17-53(23,52)7)11-14-32(50(24,2)3)76-47-43(68)40(65)37(62)29(75-47)21-71-46-42(67)38(63)34(59)26(18-55)72-46/h10,22-23,25-30,32-49,55-57,59-70H,9,11-21H2,1-8H3/t22-,23?,25?,26-,27-,28-,29-,30?,32+,33-,34-,35-,36-,37-,38+,39+,40+,41+,42-,43-,44-,45-,46-,47+,48+,49+,52+,53-,54+/m1/s1. The van der Waals surface area contributed by atoms with E-state index in [2.05, 4.69) is 33.8 Å². The van der Waals surface area contributed by atoms with E-state index < -0.39 is 183 Å². The summed E-state index contributed by atoms with van der Waals surface area (Å²) in [5, 5.41) is 159. The van der Waals surface area contributed by atoms with Gasteiger partial charge < -0.3 is 114 Å². The van der Waals surface area contributed by atoms with E-state index in [4.69, 9.17) is 37.9 Å². The first-order chi connectivity index (χ1) is 36.4. The molecule has 0 spiro atoms. The molecule has 24 heteroatoms. The number of ether oxygens (including phenoxy) is 8. The molecule has 8 aliphatic rings. The summed E-state index contributed by atoms with van der Waals surface area (Å²) in [6.45, 7) is 13.3. The van der Waals surface area contributed by atoms with Gasteiger partial charge in [0.25, 0.3) is 0 Å². The van der Waals surface area contributed by atoms with Crippen molar-refractivity contribution in [2.45, 2.75) is 247 Å². The van der Waals surface area contributed by atoms with Crippen molar-refractivity contribution in [1.82, 2.24) is 0 Å². The second-order valence-electron chi connectivity index (χ2n) is 25.7. The van der Waals surface area contributed by atoms with Crippen LogP contribution in [-0.2, 0) is 42.7 Å². The first-order valence-electron chi connectivity index (χ1n) is 27.9. The molecule has 24 nitrogen and oxygen atoms in total. The van der Waals surface area contributed by atoms with E-state index in [9.17, 15) is 76.6 Å². The van der Waals surface area contributed by atoms with Crippen LogP contribution in [0, 0.1) is 45.3 Å². The molecule has 0 amide bonds. The van der Waals surface area contributed by atoms with Gasteiger partial charge in [-0.2, -0.15) is 0 Å². The zero-order valence-electron chi connectivity index (χ0n) is 46.0. The third kappa shape index (κ3) is 10.9. The zero-order chi connectivity index (χ0) is 57.5. The van der Waals surface area contributed by atoms with Crippen LogP contribution in [0.2, 0.25) is 0 Å². The smallest absolute Gasteiger partial charge is 0.187 e. The molecule has 4 aliphatic carbocycles. The first kappa shape index (κ1) is 62.5. The van der Waals surface area contributed by atoms with Gasteiger partial charge in [-0.25, -0.2) is 0 Å². The topological polar surface area (TPSA) is 394 Å². The summed E-state index contributed by atoms with van der Waals surface area (Å²) in [5.41, 5.74) is -2.59. The lowest BCUT2D eigenvalue weighted by atomic mass is 9.38. The van der Waals surface area contributed by atoms with Crippen LogP contribution >= 0.6 is 0 Å². The predicted molar refractivity (Wildman–Crippen MR) is 267 cm³/mol. The Bertz CT molecular complexity index is 2070. The molecular formula is C54H90O24. The van der Waals surface area contributed by atoms with Crippen LogP contribution in [0.15, 0.2) is 11.6 Å². The number of allylic oxidation sites excluding steroid dienone is 1. The van der Waals surface area contributed by atoms with Crippen LogP contribution in [0.25, 0.3) is 0 Å². The van der Waals surface area contributed by atoms with Gasteiger partial charge in [-0.1, -0.05) is 53.2 Å². The molecular weight excluding hydrogens is 1030 g/mol. The van der Waals surface area contributed by atoms with Gasteiger partial charge in [-0.05, 0) is 93.3 Å². The maximum Gasteiger partial charge on any atom is 0.187 e. The van der Waals surface area contributed by atoms with Crippen LogP contribution in [0.1, 0.15) is 107 Å². The van der Waals surface area contributed by atoms with Crippen LogP contribution in [0.4, 0.5) is 0 Å². The van der Waals surface area contributed by atoms with E-state index in [0.717, 1.165) is 18.4 Å². The van der Waals surface area contributed by atoms with Gasteiger partial charge in [-0.3, -0.25) is 4.79 Å². The summed E-state index contributed by atoms with van der Waals surface area (Å²) in [4.78, 5) is 15.2. The van der Waals surface area contributed by atoms with Crippen LogP contribution < -0.4 is 0 Å². The van der Waals surface area contributed by atoms with E-state index in [0.29, 0.717) is 32.1 Å². The van der Waals surface area contributed by atoms with Gasteiger partial charge in [-0.15, -0.1) is 0 Å². The molecule has 0 radical (unpaired) electrons. The Morgan fingerprint density at radius 1 is 0.615 bits per heavy atom. The van der Waals surface area contributed by atoms with Gasteiger partial charge in [0.2, 0.25) is 0 Å². The summed E-state index contributed by atoms with van der Waals surface area (Å²) in [6, 6.07) is 0. The van der Waals surface area contributed by atoms with E-state index >= 15 is 4.79 Å². The lowest BCUT2D eigenvalue weighted by Gasteiger charge is -2.65. The van der Waals surface area contributed by atoms with E-state index in [1.807, 2.05) is 13.8 Å². The third-order valence-corrected chi connectivity index (χ3v) is 20.5. The van der Waals surface area contributed by atoms with E-state index in [1.54, 1.807) is 13.8 Å². The molecule has 4 heterocycles. The molecule has 4 saturated heterocycles. The van der Waals surface area contributed by atoms with E-state index in [-0.39, 0.29) is 41.3 Å². The molecule has 450 valence electrons. The molecule has 4 aliphatic heterocycles. The largest absolute Gasteiger partial charge is 0.394 e. The quantitative estimate of drug-likeness (QED) is 0.0645. The number of hydrogen-bond donors (Lipinski definition) is 15. The SMILES string of the molecule is C[C@H](CC[C@@H](O[C@@H]1O[C@H](CO)[C@@H](O)[C@H](O)[C@H]1O[C@@H]1O[C@H](CO)[C@@H](O)[C@H](O)[C@H]1O)C(C)(C)O)C1CC[C@@]2(C)C3CC=C4C(CC[C@H](O[C@@H]5O[C@H](CO[C@@H]6O[C@H](CO)[C@@H](O)[C@H](O)[C@H]6O)[C@@H](O)[C@H](O)[C@H]5O)C4(C)C)[C@]3(C)C(=O)C[C@]12C. The van der Waals surface area contributed by atoms with Gasteiger partial charge in [0.1, 0.15) is 103 Å². The summed E-state index contributed by atoms with van der Waals surface area (Å²) < 4.78 is 47.4. The number of hydrogen-bond acceptors (Lipinski definition) is 24. The highest BCUT2D eigenvalue weighted by Crippen LogP contribution is 2.74. The summed E-state index contributed by atoms with van der Waals surface area (Å²) in [7, 11) is 0. The molecule has 15 N–H and O–H groups in total. The van der Waals surface area contributed by atoms with Crippen LogP contribution in [0.3, 0.4) is 0 Å². The number of aliphatic hydroxyl groups excluding tert-OH is 14. The minimum absolute atomic E-state index is 0.00515.